The van der Waals surface area contributed by atoms with Crippen molar-refractivity contribution in [1.29, 1.82) is 0 Å². The molecule has 104 valence electrons. The van der Waals surface area contributed by atoms with E-state index in [1.54, 1.807) is 4.68 Å². The van der Waals surface area contributed by atoms with E-state index in [-0.39, 0.29) is 24.0 Å². The van der Waals surface area contributed by atoms with Gasteiger partial charge in [-0.15, -0.1) is 5.10 Å². The van der Waals surface area contributed by atoms with Gasteiger partial charge in [0.05, 0.1) is 12.1 Å². The summed E-state index contributed by atoms with van der Waals surface area (Å²) in [7, 11) is 0. The van der Waals surface area contributed by atoms with Crippen LogP contribution in [0.25, 0.3) is 0 Å². The minimum atomic E-state index is -0.736. The fourth-order valence-electron chi connectivity index (χ4n) is 2.43. The number of aromatic nitrogens is 3. The Balaban J connectivity index is 1.56. The molecule has 1 saturated carbocycles. The Bertz CT molecular complexity index is 472. The van der Waals surface area contributed by atoms with Gasteiger partial charge in [-0.05, 0) is 19.8 Å². The van der Waals surface area contributed by atoms with Gasteiger partial charge >= 0.3 is 0 Å². The smallest absolute Gasteiger partial charge is 0.255 e. The van der Waals surface area contributed by atoms with E-state index in [0.29, 0.717) is 12.8 Å². The zero-order valence-electron chi connectivity index (χ0n) is 10.8. The molecule has 0 spiro atoms. The first-order chi connectivity index (χ1) is 9.11. The van der Waals surface area contributed by atoms with Gasteiger partial charge in [0.15, 0.2) is 0 Å². The number of anilines is 1. The second kappa shape index (κ2) is 4.88. The summed E-state index contributed by atoms with van der Waals surface area (Å²) in [5.74, 6) is 0.0505. The number of ether oxygens (including phenoxy) is 1. The number of carbonyl (C=O) groups is 1. The number of halogens is 1. The third-order valence-corrected chi connectivity index (χ3v) is 3.70. The Hall–Kier alpha value is -1.50. The van der Waals surface area contributed by atoms with Gasteiger partial charge in [0.1, 0.15) is 18.6 Å². The second-order valence-electron chi connectivity index (χ2n) is 5.27. The van der Waals surface area contributed by atoms with E-state index in [0.717, 1.165) is 12.8 Å². The number of carbonyl (C=O) groups excluding carboxylic acids is 1. The highest BCUT2D eigenvalue weighted by atomic mass is 19.1. The van der Waals surface area contributed by atoms with Gasteiger partial charge in [-0.2, -0.15) is 0 Å². The maximum absolute atomic E-state index is 12.8. The van der Waals surface area contributed by atoms with E-state index in [4.69, 9.17) is 4.74 Å². The highest BCUT2D eigenvalue weighted by Gasteiger charge is 2.32. The standard InChI is InChI=1S/C12H17FN4O2/c1-7-2-3-10(19-7)11(18)15-12-14-6-17(16-12)9-4-8(13)5-9/h6-10H,2-5H2,1H3,(H,15,16,18). The molecule has 1 aromatic heterocycles. The van der Waals surface area contributed by atoms with Crippen LogP contribution in [-0.4, -0.2) is 39.1 Å². The normalized spacial score (nSPS) is 34.0. The van der Waals surface area contributed by atoms with Crippen LogP contribution in [0.4, 0.5) is 10.3 Å². The van der Waals surface area contributed by atoms with Crippen LogP contribution < -0.4 is 5.32 Å². The van der Waals surface area contributed by atoms with E-state index in [1.807, 2.05) is 6.92 Å². The average Bonchev–Trinajstić information content (AvgIpc) is 2.94. The maximum atomic E-state index is 12.8. The molecule has 1 saturated heterocycles. The first-order valence-electron chi connectivity index (χ1n) is 6.63. The number of hydrogen-bond acceptors (Lipinski definition) is 4. The summed E-state index contributed by atoms with van der Waals surface area (Å²) in [6.45, 7) is 1.95. The van der Waals surface area contributed by atoms with Gasteiger partial charge in [-0.1, -0.05) is 0 Å². The Morgan fingerprint density at radius 2 is 2.32 bits per heavy atom. The van der Waals surface area contributed by atoms with Crippen molar-refractivity contribution in [3.8, 4) is 0 Å². The first kappa shape index (κ1) is 12.5. The quantitative estimate of drug-likeness (QED) is 0.901. The maximum Gasteiger partial charge on any atom is 0.255 e. The van der Waals surface area contributed by atoms with E-state index < -0.39 is 12.3 Å². The lowest BCUT2D eigenvalue weighted by Crippen LogP contribution is -2.29. The third-order valence-electron chi connectivity index (χ3n) is 3.70. The van der Waals surface area contributed by atoms with Crippen molar-refractivity contribution in [1.82, 2.24) is 14.8 Å². The molecule has 0 radical (unpaired) electrons. The summed E-state index contributed by atoms with van der Waals surface area (Å²) in [5, 5.41) is 6.79. The average molecular weight is 268 g/mol. The van der Waals surface area contributed by atoms with Crippen LogP contribution in [0.3, 0.4) is 0 Å². The van der Waals surface area contributed by atoms with Gasteiger partial charge in [0.25, 0.3) is 5.91 Å². The van der Waals surface area contributed by atoms with Crippen LogP contribution in [-0.2, 0) is 9.53 Å². The summed E-state index contributed by atoms with van der Waals surface area (Å²) in [6.07, 6.45) is 3.06. The van der Waals surface area contributed by atoms with Crippen LogP contribution in [0.2, 0.25) is 0 Å². The fourth-order valence-corrected chi connectivity index (χ4v) is 2.43. The molecule has 6 nitrogen and oxygen atoms in total. The van der Waals surface area contributed by atoms with Crippen LogP contribution >= 0.6 is 0 Å². The first-order valence-corrected chi connectivity index (χ1v) is 6.63. The predicted molar refractivity (Wildman–Crippen MR) is 65.4 cm³/mol. The van der Waals surface area contributed by atoms with Crippen LogP contribution in [0, 0.1) is 0 Å². The van der Waals surface area contributed by atoms with Crippen LogP contribution in [0.5, 0.6) is 0 Å². The SMILES string of the molecule is CC1CCC(C(=O)Nc2ncn(C3CC(F)C3)n2)O1. The molecular weight excluding hydrogens is 251 g/mol. The Morgan fingerprint density at radius 3 is 2.95 bits per heavy atom. The van der Waals surface area contributed by atoms with Crippen molar-refractivity contribution in [2.75, 3.05) is 5.32 Å². The molecule has 1 aromatic rings. The lowest BCUT2D eigenvalue weighted by Gasteiger charge is -2.28. The largest absolute Gasteiger partial charge is 0.365 e. The van der Waals surface area contributed by atoms with E-state index in [1.165, 1.54) is 6.33 Å². The van der Waals surface area contributed by atoms with Gasteiger partial charge in [-0.25, -0.2) is 14.1 Å². The zero-order chi connectivity index (χ0) is 13.4. The van der Waals surface area contributed by atoms with Gasteiger partial charge in [0.2, 0.25) is 5.95 Å². The molecular formula is C12H17FN4O2. The van der Waals surface area contributed by atoms with Crippen molar-refractivity contribution >= 4 is 11.9 Å². The number of rotatable bonds is 3. The Labute approximate surface area is 110 Å². The number of alkyl halides is 1. The number of amides is 1. The summed E-state index contributed by atoms with van der Waals surface area (Å²) >= 11 is 0. The lowest BCUT2D eigenvalue weighted by molar-refractivity contribution is -0.126. The molecule has 1 aliphatic carbocycles. The highest BCUT2D eigenvalue weighted by Crippen LogP contribution is 2.33. The summed E-state index contributed by atoms with van der Waals surface area (Å²) in [4.78, 5) is 15.9. The molecule has 2 aliphatic rings. The third kappa shape index (κ3) is 2.60. The van der Waals surface area contributed by atoms with Crippen molar-refractivity contribution in [2.24, 2.45) is 0 Å². The molecule has 19 heavy (non-hydrogen) atoms. The number of nitrogens with zero attached hydrogens (tertiary/aromatic N) is 3. The van der Waals surface area contributed by atoms with Crippen LogP contribution in [0.15, 0.2) is 6.33 Å². The number of nitrogens with one attached hydrogen (secondary N) is 1. The highest BCUT2D eigenvalue weighted by molar-refractivity contribution is 5.92. The van der Waals surface area contributed by atoms with Crippen molar-refractivity contribution in [3.05, 3.63) is 6.33 Å². The van der Waals surface area contributed by atoms with Gasteiger partial charge in [-0.3, -0.25) is 10.1 Å². The Morgan fingerprint density at radius 1 is 1.53 bits per heavy atom. The minimum Gasteiger partial charge on any atom is -0.365 e. The monoisotopic (exact) mass is 268 g/mol. The molecule has 2 unspecified atom stereocenters. The molecule has 2 fully saturated rings. The molecule has 0 aromatic carbocycles. The zero-order valence-corrected chi connectivity index (χ0v) is 10.8. The van der Waals surface area contributed by atoms with Gasteiger partial charge < -0.3 is 4.74 Å². The van der Waals surface area contributed by atoms with Crippen LogP contribution in [0.1, 0.15) is 38.6 Å². The molecule has 3 rings (SSSR count). The van der Waals surface area contributed by atoms with Crippen molar-refractivity contribution < 1.29 is 13.9 Å². The van der Waals surface area contributed by atoms with E-state index in [2.05, 4.69) is 15.4 Å². The molecule has 1 amide bonds. The predicted octanol–water partition coefficient (Wildman–Crippen LogP) is 1.46. The number of hydrogen-bond donors (Lipinski definition) is 1. The molecule has 2 heterocycles. The fraction of sp³-hybridized carbons (Fsp3) is 0.750. The van der Waals surface area contributed by atoms with E-state index >= 15 is 0 Å². The molecule has 7 heteroatoms. The van der Waals surface area contributed by atoms with Crippen molar-refractivity contribution in [2.45, 2.75) is 57.0 Å². The van der Waals surface area contributed by atoms with Crippen molar-refractivity contribution in [3.63, 3.8) is 0 Å². The minimum absolute atomic E-state index is 0.0657. The molecule has 0 bridgehead atoms. The Kier molecular flexibility index (Phi) is 3.22. The second-order valence-corrected chi connectivity index (χ2v) is 5.27. The van der Waals surface area contributed by atoms with Gasteiger partial charge in [0, 0.05) is 12.8 Å². The summed E-state index contributed by atoms with van der Waals surface area (Å²) in [5.41, 5.74) is 0. The molecule has 1 aliphatic heterocycles. The molecule has 2 atom stereocenters. The van der Waals surface area contributed by atoms with E-state index in [9.17, 15) is 9.18 Å². The molecule has 1 N–H and O–H groups in total. The summed E-state index contributed by atoms with van der Waals surface area (Å²) < 4.78 is 19.9. The lowest BCUT2D eigenvalue weighted by atomic mass is 9.91. The summed E-state index contributed by atoms with van der Waals surface area (Å²) in [6, 6.07) is 0.0657. The topological polar surface area (TPSA) is 69.0 Å².